The molecule has 4 nitrogen and oxygen atoms in total. The van der Waals surface area contributed by atoms with Crippen LogP contribution in [0.3, 0.4) is 0 Å². The van der Waals surface area contributed by atoms with Crippen LogP contribution in [0, 0.1) is 0 Å². The highest BCUT2D eigenvalue weighted by atomic mass is 127. The van der Waals surface area contributed by atoms with Crippen molar-refractivity contribution in [2.45, 2.75) is 4.21 Å². The van der Waals surface area contributed by atoms with Crippen molar-refractivity contribution in [3.05, 3.63) is 36.4 Å². The first-order chi connectivity index (χ1) is 10.0. The highest BCUT2D eigenvalue weighted by molar-refractivity contribution is 14.2. The molecule has 112 valence electrons. The maximum Gasteiger partial charge on any atom is 0.240 e. The number of nitrogens with zero attached hydrogens (tertiary/aromatic N) is 1. The molecule has 0 spiro atoms. The first-order valence-electron chi connectivity index (χ1n) is 6.52. The van der Waals surface area contributed by atoms with Gasteiger partial charge in [-0.3, -0.25) is 0 Å². The molecule has 1 fully saturated rings. The highest BCUT2D eigenvalue weighted by Crippen LogP contribution is 2.34. The van der Waals surface area contributed by atoms with E-state index in [9.17, 15) is 8.42 Å². The van der Waals surface area contributed by atoms with Gasteiger partial charge in [-0.05, 0) is 29.8 Å². The highest BCUT2D eigenvalue weighted by Gasteiger charge is 2.14. The van der Waals surface area contributed by atoms with E-state index in [0.29, 0.717) is 4.21 Å². The molecule has 7 heteroatoms. The third kappa shape index (κ3) is 3.58. The lowest BCUT2D eigenvalue weighted by Gasteiger charge is -2.28. The molecular formula is C14H14INO3S2. The van der Waals surface area contributed by atoms with Crippen LogP contribution in [0.5, 0.6) is 0 Å². The maximum atomic E-state index is 11.5. The van der Waals surface area contributed by atoms with E-state index < -0.39 is 7.01 Å². The van der Waals surface area contributed by atoms with Gasteiger partial charge in [0.05, 0.1) is 34.4 Å². The lowest BCUT2D eigenvalue weighted by atomic mass is 10.1. The van der Waals surface area contributed by atoms with Gasteiger partial charge in [0.2, 0.25) is 7.01 Å². The minimum absolute atomic E-state index is 0.398. The predicted octanol–water partition coefficient (Wildman–Crippen LogP) is 3.38. The average molecular weight is 435 g/mol. The van der Waals surface area contributed by atoms with E-state index in [1.807, 2.05) is 18.2 Å². The molecule has 21 heavy (non-hydrogen) atoms. The smallest absolute Gasteiger partial charge is 0.240 e. The van der Waals surface area contributed by atoms with Crippen LogP contribution in [0.15, 0.2) is 40.6 Å². The molecule has 0 bridgehead atoms. The van der Waals surface area contributed by atoms with Gasteiger partial charge in [-0.15, -0.1) is 11.3 Å². The van der Waals surface area contributed by atoms with Crippen LogP contribution in [0.4, 0.5) is 5.69 Å². The average Bonchev–Trinajstić information content (AvgIpc) is 2.98. The maximum absolute atomic E-state index is 11.5. The zero-order valence-corrected chi connectivity index (χ0v) is 14.9. The molecule has 0 saturated carbocycles. The van der Waals surface area contributed by atoms with Crippen LogP contribution in [0.1, 0.15) is 0 Å². The number of hydrogen-bond acceptors (Lipinski definition) is 5. The molecule has 0 aliphatic carbocycles. The van der Waals surface area contributed by atoms with Crippen molar-refractivity contribution < 1.29 is 13.2 Å². The number of anilines is 1. The number of ether oxygens (including phenoxy) is 1. The van der Waals surface area contributed by atoms with Crippen LogP contribution in [-0.2, 0) is 11.7 Å². The number of morpholine rings is 1. The van der Waals surface area contributed by atoms with E-state index >= 15 is 0 Å². The van der Waals surface area contributed by atoms with E-state index in [1.165, 1.54) is 38.2 Å². The molecule has 0 atom stereocenters. The van der Waals surface area contributed by atoms with Crippen LogP contribution < -0.4 is 4.90 Å². The summed E-state index contributed by atoms with van der Waals surface area (Å²) in [5, 5.41) is 0. The lowest BCUT2D eigenvalue weighted by molar-refractivity contribution is 0.122. The number of thiophene rings is 1. The molecule has 2 aromatic rings. The fraction of sp³-hybridized carbons (Fsp3) is 0.286. The van der Waals surface area contributed by atoms with Gasteiger partial charge in [0.15, 0.2) is 0 Å². The molecule has 0 amide bonds. The number of halogens is 1. The van der Waals surface area contributed by atoms with Gasteiger partial charge in [-0.25, -0.2) is 8.42 Å². The standard InChI is InChI=1S/C14H14INO3S2/c15-21(17,18)14-6-5-13(20-14)11-1-3-12(4-2-11)16-7-9-19-10-8-16/h1-6H,7-10H2. The topological polar surface area (TPSA) is 46.6 Å². The second-order valence-electron chi connectivity index (χ2n) is 4.70. The van der Waals surface area contributed by atoms with Crippen molar-refractivity contribution in [1.82, 2.24) is 0 Å². The third-order valence-corrected chi connectivity index (χ3v) is 8.12. The summed E-state index contributed by atoms with van der Waals surface area (Å²) in [6.07, 6.45) is 0. The molecule has 1 aromatic heterocycles. The van der Waals surface area contributed by atoms with Crippen molar-refractivity contribution in [2.75, 3.05) is 31.2 Å². The van der Waals surface area contributed by atoms with Gasteiger partial charge >= 0.3 is 0 Å². The normalized spacial score (nSPS) is 16.1. The SMILES string of the molecule is O=S(=O)(I)c1ccc(-c2ccc(N3CCOCC3)cc2)s1. The van der Waals surface area contributed by atoms with Crippen LogP contribution in [0.2, 0.25) is 0 Å². The Balaban J connectivity index is 1.82. The molecule has 0 unspecified atom stereocenters. The summed E-state index contributed by atoms with van der Waals surface area (Å²) < 4.78 is 28.8. The molecule has 1 aliphatic heterocycles. The van der Waals surface area contributed by atoms with Gasteiger partial charge < -0.3 is 9.64 Å². The van der Waals surface area contributed by atoms with Crippen molar-refractivity contribution in [1.29, 1.82) is 0 Å². The molecule has 3 rings (SSSR count). The van der Waals surface area contributed by atoms with Crippen LogP contribution in [0.25, 0.3) is 10.4 Å². The fourth-order valence-corrected chi connectivity index (χ4v) is 5.15. The summed E-state index contributed by atoms with van der Waals surface area (Å²) in [6.45, 7) is 3.36. The summed E-state index contributed by atoms with van der Waals surface area (Å²) in [6, 6.07) is 11.8. The second-order valence-corrected chi connectivity index (χ2v) is 10.8. The molecule has 1 aliphatic rings. The Morgan fingerprint density at radius 2 is 1.71 bits per heavy atom. The lowest BCUT2D eigenvalue weighted by Crippen LogP contribution is -2.36. The first-order valence-corrected chi connectivity index (χ1v) is 11.4. The molecule has 2 heterocycles. The summed E-state index contributed by atoms with van der Waals surface area (Å²) in [7, 11) is -3.15. The van der Waals surface area contributed by atoms with E-state index in [0.717, 1.165) is 36.7 Å². The minimum Gasteiger partial charge on any atom is -0.378 e. The van der Waals surface area contributed by atoms with Gasteiger partial charge in [-0.2, -0.15) is 0 Å². The third-order valence-electron chi connectivity index (χ3n) is 3.35. The predicted molar refractivity (Wildman–Crippen MR) is 94.0 cm³/mol. The summed E-state index contributed by atoms with van der Waals surface area (Å²) in [4.78, 5) is 3.27. The van der Waals surface area contributed by atoms with E-state index in [1.54, 1.807) is 6.07 Å². The van der Waals surface area contributed by atoms with E-state index in [4.69, 9.17) is 4.74 Å². The van der Waals surface area contributed by atoms with Gasteiger partial charge in [0, 0.05) is 23.7 Å². The Kier molecular flexibility index (Phi) is 4.53. The number of rotatable bonds is 3. The Hall–Kier alpha value is -0.640. The molecule has 1 aromatic carbocycles. The Labute approximate surface area is 140 Å². The van der Waals surface area contributed by atoms with Crippen molar-refractivity contribution >= 4 is 45.2 Å². The number of benzene rings is 1. The van der Waals surface area contributed by atoms with Gasteiger partial charge in [0.25, 0.3) is 0 Å². The minimum atomic E-state index is -3.15. The summed E-state index contributed by atoms with van der Waals surface area (Å²) in [5.41, 5.74) is 2.23. The van der Waals surface area contributed by atoms with Gasteiger partial charge in [-0.1, -0.05) is 12.1 Å². The molecule has 0 radical (unpaired) electrons. The zero-order chi connectivity index (χ0) is 14.9. The van der Waals surface area contributed by atoms with Gasteiger partial charge in [0.1, 0.15) is 4.21 Å². The van der Waals surface area contributed by atoms with Crippen LogP contribution >= 0.6 is 32.5 Å². The number of hydrogen-bond donors (Lipinski definition) is 0. The quantitative estimate of drug-likeness (QED) is 0.548. The monoisotopic (exact) mass is 435 g/mol. The largest absolute Gasteiger partial charge is 0.378 e. The summed E-state index contributed by atoms with van der Waals surface area (Å²) in [5.74, 6) is 0. The zero-order valence-electron chi connectivity index (χ0n) is 11.2. The van der Waals surface area contributed by atoms with Crippen molar-refractivity contribution in [3.8, 4) is 10.4 Å². The van der Waals surface area contributed by atoms with Crippen molar-refractivity contribution in [3.63, 3.8) is 0 Å². The van der Waals surface area contributed by atoms with E-state index in [2.05, 4.69) is 17.0 Å². The van der Waals surface area contributed by atoms with Crippen molar-refractivity contribution in [2.24, 2.45) is 0 Å². The Morgan fingerprint density at radius 3 is 2.29 bits per heavy atom. The Morgan fingerprint density at radius 1 is 1.05 bits per heavy atom. The molecule has 0 N–H and O–H groups in total. The first kappa shape index (κ1) is 15.3. The fourth-order valence-electron chi connectivity index (χ4n) is 2.26. The second kappa shape index (κ2) is 6.23. The molecular weight excluding hydrogens is 421 g/mol. The van der Waals surface area contributed by atoms with Crippen LogP contribution in [-0.4, -0.2) is 34.7 Å². The Bertz CT molecular complexity index is 719. The van der Waals surface area contributed by atoms with E-state index in [-0.39, 0.29) is 0 Å². The molecule has 1 saturated heterocycles. The summed E-state index contributed by atoms with van der Waals surface area (Å²) >= 11 is 2.78.